The van der Waals surface area contributed by atoms with Crippen LogP contribution in [0.5, 0.6) is 0 Å². The van der Waals surface area contributed by atoms with Gasteiger partial charge in [0.05, 0.1) is 11.1 Å². The Morgan fingerprint density at radius 3 is 2.64 bits per heavy atom. The van der Waals surface area contributed by atoms with Crippen molar-refractivity contribution in [2.24, 2.45) is 0 Å². The van der Waals surface area contributed by atoms with Crippen molar-refractivity contribution in [3.8, 4) is 11.4 Å². The Kier molecular flexibility index (Phi) is 5.04. The van der Waals surface area contributed by atoms with Crippen LogP contribution in [0.1, 0.15) is 16.1 Å². The maximum atomic E-state index is 5.05. The normalized spacial score (nSPS) is 15.0. The van der Waals surface area contributed by atoms with Gasteiger partial charge < -0.3 is 9.30 Å². The van der Waals surface area contributed by atoms with Crippen LogP contribution in [-0.4, -0.2) is 55.4 Å². The zero-order valence-corrected chi connectivity index (χ0v) is 19.6. The first-order chi connectivity index (χ1) is 16.2. The Balaban J connectivity index is 1.27. The van der Waals surface area contributed by atoms with Gasteiger partial charge in [-0.25, -0.2) is 15.0 Å². The summed E-state index contributed by atoms with van der Waals surface area (Å²) in [5.41, 5.74) is 4.35. The van der Waals surface area contributed by atoms with Crippen LogP contribution in [0.2, 0.25) is 0 Å². The van der Waals surface area contributed by atoms with Gasteiger partial charge in [-0.15, -0.1) is 11.3 Å². The molecular formula is C25H25N7S. The van der Waals surface area contributed by atoms with Crippen molar-refractivity contribution < 1.29 is 0 Å². The van der Waals surface area contributed by atoms with Gasteiger partial charge in [-0.1, -0.05) is 6.07 Å². The molecular weight excluding hydrogens is 430 g/mol. The molecule has 0 unspecified atom stereocenters. The third kappa shape index (κ3) is 3.75. The van der Waals surface area contributed by atoms with Crippen molar-refractivity contribution in [3.63, 3.8) is 0 Å². The Bertz CT molecular complexity index is 1400. The summed E-state index contributed by atoms with van der Waals surface area (Å²) in [7, 11) is 0. The highest BCUT2D eigenvalue weighted by Gasteiger charge is 2.24. The van der Waals surface area contributed by atoms with Crippen LogP contribution in [0.4, 0.5) is 5.82 Å². The van der Waals surface area contributed by atoms with E-state index >= 15 is 0 Å². The van der Waals surface area contributed by atoms with Crippen molar-refractivity contribution in [2.45, 2.75) is 20.4 Å². The molecule has 0 aliphatic carbocycles. The van der Waals surface area contributed by atoms with Crippen molar-refractivity contribution in [2.75, 3.05) is 31.1 Å². The lowest BCUT2D eigenvalue weighted by molar-refractivity contribution is 0.247. The molecule has 7 nitrogen and oxygen atoms in total. The monoisotopic (exact) mass is 455 g/mol. The maximum Gasteiger partial charge on any atom is 0.164 e. The molecule has 0 aromatic carbocycles. The molecule has 0 N–H and O–H groups in total. The second kappa shape index (κ2) is 8.20. The summed E-state index contributed by atoms with van der Waals surface area (Å²) in [6.07, 6.45) is 7.80. The summed E-state index contributed by atoms with van der Waals surface area (Å²) in [5.74, 6) is 1.80. The van der Waals surface area contributed by atoms with Gasteiger partial charge in [-0.2, -0.15) is 0 Å². The third-order valence-electron chi connectivity index (χ3n) is 6.40. The van der Waals surface area contributed by atoms with Crippen LogP contribution in [-0.2, 0) is 6.54 Å². The van der Waals surface area contributed by atoms with Crippen LogP contribution in [0.3, 0.4) is 0 Å². The van der Waals surface area contributed by atoms with E-state index in [9.17, 15) is 0 Å². The summed E-state index contributed by atoms with van der Waals surface area (Å²) in [4.78, 5) is 26.2. The maximum absolute atomic E-state index is 5.05. The van der Waals surface area contributed by atoms with Crippen molar-refractivity contribution in [1.29, 1.82) is 0 Å². The van der Waals surface area contributed by atoms with Gasteiger partial charge in [0, 0.05) is 68.0 Å². The quantitative estimate of drug-likeness (QED) is 0.402. The lowest BCUT2D eigenvalue weighted by Crippen LogP contribution is -2.46. The number of nitrogens with zero attached hydrogens (tertiary/aromatic N) is 7. The van der Waals surface area contributed by atoms with Gasteiger partial charge in [0.1, 0.15) is 16.3 Å². The van der Waals surface area contributed by atoms with Crippen molar-refractivity contribution >= 4 is 33.0 Å². The number of thiophene rings is 1. The molecule has 0 spiro atoms. The molecule has 5 aromatic heterocycles. The molecule has 6 rings (SSSR count). The molecule has 1 aliphatic heterocycles. The average Bonchev–Trinajstić information content (AvgIpc) is 3.39. The minimum Gasteiger partial charge on any atom is -0.353 e. The SMILES string of the molecule is Cc1sc2nc(-c3cccnc3)nc(N3CCN(Cc4cn5ccccc5n4)CC3)c2c1C. The summed E-state index contributed by atoms with van der Waals surface area (Å²) >= 11 is 1.75. The van der Waals surface area contributed by atoms with E-state index in [1.165, 1.54) is 15.8 Å². The van der Waals surface area contributed by atoms with Gasteiger partial charge >= 0.3 is 0 Å². The number of pyridine rings is 2. The second-order valence-corrected chi connectivity index (χ2v) is 9.74. The number of fused-ring (bicyclic) bond motifs is 2. The van der Waals surface area contributed by atoms with E-state index in [4.69, 9.17) is 15.0 Å². The highest BCUT2D eigenvalue weighted by Crippen LogP contribution is 2.36. The Labute approximate surface area is 196 Å². The molecule has 1 aliphatic rings. The van der Waals surface area contributed by atoms with E-state index in [0.29, 0.717) is 0 Å². The van der Waals surface area contributed by atoms with Gasteiger partial charge in [0.15, 0.2) is 5.82 Å². The molecule has 0 amide bonds. The summed E-state index contributed by atoms with van der Waals surface area (Å²) in [6.45, 7) is 9.03. The summed E-state index contributed by atoms with van der Waals surface area (Å²) in [5, 5.41) is 1.19. The molecule has 33 heavy (non-hydrogen) atoms. The Hall–Kier alpha value is -3.36. The molecule has 6 heterocycles. The average molecular weight is 456 g/mol. The first kappa shape index (κ1) is 20.3. The lowest BCUT2D eigenvalue weighted by Gasteiger charge is -2.35. The number of anilines is 1. The molecule has 1 saturated heterocycles. The van der Waals surface area contributed by atoms with E-state index in [1.807, 2.05) is 36.5 Å². The molecule has 0 atom stereocenters. The standard InChI is InChI=1S/C25H25N7S/c1-17-18(2)33-25-22(17)24(28-23(29-25)19-6-5-8-26-14-19)31-12-10-30(11-13-31)15-20-16-32-9-4-3-7-21(32)27-20/h3-9,14,16H,10-13,15H2,1-2H3. The van der Waals surface area contributed by atoms with E-state index < -0.39 is 0 Å². The van der Waals surface area contributed by atoms with Crippen LogP contribution in [0.15, 0.2) is 55.1 Å². The molecule has 0 saturated carbocycles. The fourth-order valence-corrected chi connectivity index (χ4v) is 5.52. The predicted molar refractivity (Wildman–Crippen MR) is 133 cm³/mol. The Morgan fingerprint density at radius 2 is 1.85 bits per heavy atom. The topological polar surface area (TPSA) is 62.5 Å². The number of aryl methyl sites for hydroxylation is 2. The van der Waals surface area contributed by atoms with E-state index in [2.05, 4.69) is 45.4 Å². The fourth-order valence-electron chi connectivity index (χ4n) is 4.49. The molecule has 5 aromatic rings. The number of hydrogen-bond donors (Lipinski definition) is 0. The van der Waals surface area contributed by atoms with E-state index in [0.717, 1.165) is 66.1 Å². The first-order valence-corrected chi connectivity index (χ1v) is 12.1. The van der Waals surface area contributed by atoms with Crippen LogP contribution in [0.25, 0.3) is 27.3 Å². The van der Waals surface area contributed by atoms with Gasteiger partial charge in [0.2, 0.25) is 0 Å². The highest BCUT2D eigenvalue weighted by atomic mass is 32.1. The summed E-state index contributed by atoms with van der Waals surface area (Å²) in [6, 6.07) is 10.1. The first-order valence-electron chi connectivity index (χ1n) is 11.2. The minimum absolute atomic E-state index is 0.749. The number of piperazine rings is 1. The number of rotatable bonds is 4. The molecule has 166 valence electrons. The largest absolute Gasteiger partial charge is 0.353 e. The number of hydrogen-bond acceptors (Lipinski definition) is 7. The van der Waals surface area contributed by atoms with Crippen LogP contribution < -0.4 is 4.90 Å². The molecule has 1 fully saturated rings. The molecule has 8 heteroatoms. The zero-order valence-electron chi connectivity index (χ0n) is 18.8. The number of aromatic nitrogens is 5. The minimum atomic E-state index is 0.749. The summed E-state index contributed by atoms with van der Waals surface area (Å²) < 4.78 is 2.09. The van der Waals surface area contributed by atoms with E-state index in [-0.39, 0.29) is 0 Å². The molecule has 0 radical (unpaired) electrons. The van der Waals surface area contributed by atoms with E-state index in [1.54, 1.807) is 17.5 Å². The predicted octanol–water partition coefficient (Wildman–Crippen LogP) is 4.34. The van der Waals surface area contributed by atoms with Crippen LogP contribution >= 0.6 is 11.3 Å². The van der Waals surface area contributed by atoms with Crippen LogP contribution in [0, 0.1) is 13.8 Å². The highest BCUT2D eigenvalue weighted by molar-refractivity contribution is 7.18. The molecule has 0 bridgehead atoms. The smallest absolute Gasteiger partial charge is 0.164 e. The third-order valence-corrected chi connectivity index (χ3v) is 7.50. The zero-order chi connectivity index (χ0) is 22.4. The second-order valence-electron chi connectivity index (χ2n) is 8.54. The van der Waals surface area contributed by atoms with Gasteiger partial charge in [0.25, 0.3) is 0 Å². The van der Waals surface area contributed by atoms with Crippen molar-refractivity contribution in [1.82, 2.24) is 29.2 Å². The lowest BCUT2D eigenvalue weighted by atomic mass is 10.1. The van der Waals surface area contributed by atoms with Gasteiger partial charge in [-0.3, -0.25) is 9.88 Å². The Morgan fingerprint density at radius 1 is 0.970 bits per heavy atom. The van der Waals surface area contributed by atoms with Gasteiger partial charge in [-0.05, 0) is 43.7 Å². The fraction of sp³-hybridized carbons (Fsp3) is 0.280. The van der Waals surface area contributed by atoms with Crippen molar-refractivity contribution in [3.05, 3.63) is 71.3 Å². The number of imidazole rings is 1.